The van der Waals surface area contributed by atoms with Gasteiger partial charge < -0.3 is 14.6 Å². The van der Waals surface area contributed by atoms with E-state index in [1.54, 1.807) is 0 Å². The molecule has 0 amide bonds. The molecule has 2 atom stereocenters. The van der Waals surface area contributed by atoms with Crippen molar-refractivity contribution in [1.29, 1.82) is 0 Å². The lowest BCUT2D eigenvalue weighted by atomic mass is 10.0. The van der Waals surface area contributed by atoms with Crippen molar-refractivity contribution in [3.05, 3.63) is 51.6 Å². The van der Waals surface area contributed by atoms with Gasteiger partial charge in [-0.25, -0.2) is 4.68 Å². The van der Waals surface area contributed by atoms with Gasteiger partial charge in [0.25, 0.3) is 5.56 Å². The summed E-state index contributed by atoms with van der Waals surface area (Å²) in [6.07, 6.45) is 4.56. The number of tetrazole rings is 1. The zero-order chi connectivity index (χ0) is 19.8. The summed E-state index contributed by atoms with van der Waals surface area (Å²) in [4.78, 5) is 17.6. The monoisotopic (exact) mass is 395 g/mol. The van der Waals surface area contributed by atoms with Crippen molar-refractivity contribution in [2.24, 2.45) is 0 Å². The molecule has 0 spiro atoms. The first-order valence-electron chi connectivity index (χ1n) is 10.6. The van der Waals surface area contributed by atoms with Crippen molar-refractivity contribution >= 4 is 10.9 Å². The van der Waals surface area contributed by atoms with Gasteiger partial charge in [0.05, 0.1) is 36.8 Å². The van der Waals surface area contributed by atoms with E-state index in [-0.39, 0.29) is 17.7 Å². The average molecular weight is 395 g/mol. The van der Waals surface area contributed by atoms with Crippen molar-refractivity contribution in [3.8, 4) is 0 Å². The van der Waals surface area contributed by atoms with E-state index in [1.807, 2.05) is 35.9 Å². The molecule has 2 N–H and O–H groups in total. The number of aromatic amines is 1. The molecule has 0 radical (unpaired) electrons. The SMILES string of the molecule is Cc1cccc2cc([C@@H](c3nnnn3C[C@H]3CCCO3)[NH+]3CCCC3)c(=O)[nH]c12. The van der Waals surface area contributed by atoms with Crippen LogP contribution in [0.1, 0.15) is 48.7 Å². The second-order valence-corrected chi connectivity index (χ2v) is 8.25. The molecular weight excluding hydrogens is 368 g/mol. The molecule has 2 fully saturated rings. The molecule has 29 heavy (non-hydrogen) atoms. The Labute approximate surface area is 168 Å². The summed E-state index contributed by atoms with van der Waals surface area (Å²) in [6.45, 7) is 5.48. The summed E-state index contributed by atoms with van der Waals surface area (Å²) < 4.78 is 7.65. The van der Waals surface area contributed by atoms with Crippen LogP contribution >= 0.6 is 0 Å². The number of nitrogens with zero attached hydrogens (tertiary/aromatic N) is 4. The van der Waals surface area contributed by atoms with Gasteiger partial charge in [-0.15, -0.1) is 5.10 Å². The van der Waals surface area contributed by atoms with Gasteiger partial charge in [0.2, 0.25) is 5.82 Å². The highest BCUT2D eigenvalue weighted by atomic mass is 16.5. The van der Waals surface area contributed by atoms with Crippen LogP contribution in [0.5, 0.6) is 0 Å². The number of hydrogen-bond donors (Lipinski definition) is 2. The number of aryl methyl sites for hydroxylation is 1. The third-order valence-electron chi connectivity index (χ3n) is 6.30. The average Bonchev–Trinajstić information content (AvgIpc) is 3.48. The maximum Gasteiger partial charge on any atom is 0.258 e. The van der Waals surface area contributed by atoms with Crippen LogP contribution in [0.25, 0.3) is 10.9 Å². The molecule has 8 heteroatoms. The van der Waals surface area contributed by atoms with Crippen LogP contribution in [0.15, 0.2) is 29.1 Å². The van der Waals surface area contributed by atoms with Crippen LogP contribution in [-0.4, -0.2) is 51.0 Å². The Kier molecular flexibility index (Phi) is 4.89. The zero-order valence-corrected chi connectivity index (χ0v) is 16.7. The predicted molar refractivity (Wildman–Crippen MR) is 108 cm³/mol. The van der Waals surface area contributed by atoms with E-state index in [0.717, 1.165) is 73.2 Å². The van der Waals surface area contributed by atoms with Gasteiger partial charge in [0.1, 0.15) is 0 Å². The predicted octanol–water partition coefficient (Wildman–Crippen LogP) is 0.770. The number of pyridine rings is 1. The molecule has 152 valence electrons. The lowest BCUT2D eigenvalue weighted by Crippen LogP contribution is -3.10. The molecule has 2 saturated heterocycles. The Morgan fingerprint density at radius 3 is 2.97 bits per heavy atom. The van der Waals surface area contributed by atoms with Crippen molar-refractivity contribution in [2.75, 3.05) is 19.7 Å². The molecule has 0 aliphatic carbocycles. The summed E-state index contributed by atoms with van der Waals surface area (Å²) in [5, 5.41) is 13.7. The van der Waals surface area contributed by atoms with Crippen LogP contribution in [-0.2, 0) is 11.3 Å². The Morgan fingerprint density at radius 2 is 2.17 bits per heavy atom. The van der Waals surface area contributed by atoms with Crippen LogP contribution in [0.3, 0.4) is 0 Å². The summed E-state index contributed by atoms with van der Waals surface area (Å²) in [7, 11) is 0. The minimum atomic E-state index is -0.178. The molecule has 2 aliphatic heterocycles. The number of fused-ring (bicyclic) bond motifs is 1. The summed E-state index contributed by atoms with van der Waals surface area (Å²) >= 11 is 0. The van der Waals surface area contributed by atoms with E-state index in [2.05, 4.69) is 20.5 Å². The van der Waals surface area contributed by atoms with Crippen LogP contribution in [0.2, 0.25) is 0 Å². The van der Waals surface area contributed by atoms with E-state index in [4.69, 9.17) is 4.74 Å². The summed E-state index contributed by atoms with van der Waals surface area (Å²) in [5.41, 5.74) is 2.65. The maximum atomic E-state index is 13.2. The molecule has 8 nitrogen and oxygen atoms in total. The number of quaternary nitrogens is 1. The molecule has 4 heterocycles. The molecule has 2 aliphatic rings. The molecule has 0 saturated carbocycles. The van der Waals surface area contributed by atoms with Crippen LogP contribution in [0, 0.1) is 6.92 Å². The second kappa shape index (κ2) is 7.68. The highest BCUT2D eigenvalue weighted by molar-refractivity contribution is 5.82. The molecule has 0 bridgehead atoms. The fourth-order valence-electron chi connectivity index (χ4n) is 4.80. The number of ether oxygens (including phenoxy) is 1. The van der Waals surface area contributed by atoms with Crippen molar-refractivity contribution in [3.63, 3.8) is 0 Å². The molecule has 0 unspecified atom stereocenters. The number of aromatic nitrogens is 5. The molecule has 5 rings (SSSR count). The summed E-state index contributed by atoms with van der Waals surface area (Å²) in [6, 6.07) is 7.94. The van der Waals surface area contributed by atoms with Gasteiger partial charge in [-0.05, 0) is 47.2 Å². The highest BCUT2D eigenvalue weighted by Gasteiger charge is 2.36. The highest BCUT2D eigenvalue weighted by Crippen LogP contribution is 2.22. The maximum absolute atomic E-state index is 13.2. The van der Waals surface area contributed by atoms with Gasteiger partial charge in [-0.3, -0.25) is 4.79 Å². The van der Waals surface area contributed by atoms with Crippen molar-refractivity contribution in [1.82, 2.24) is 25.2 Å². The lowest BCUT2D eigenvalue weighted by Gasteiger charge is -2.24. The topological polar surface area (TPSA) is 90.1 Å². The van der Waals surface area contributed by atoms with E-state index in [9.17, 15) is 4.79 Å². The number of nitrogens with one attached hydrogen (secondary N) is 2. The minimum Gasteiger partial charge on any atom is -0.376 e. The van der Waals surface area contributed by atoms with Crippen LogP contribution in [0.4, 0.5) is 0 Å². The number of para-hydroxylation sites is 1. The molecule has 1 aromatic carbocycles. The fourth-order valence-corrected chi connectivity index (χ4v) is 4.80. The normalized spacial score (nSPS) is 21.2. The zero-order valence-electron chi connectivity index (χ0n) is 16.7. The van der Waals surface area contributed by atoms with Gasteiger partial charge >= 0.3 is 0 Å². The van der Waals surface area contributed by atoms with Gasteiger partial charge in [0.15, 0.2) is 6.04 Å². The molecule has 2 aromatic heterocycles. The first-order valence-corrected chi connectivity index (χ1v) is 10.6. The molecule has 3 aromatic rings. The van der Waals surface area contributed by atoms with Crippen molar-refractivity contribution < 1.29 is 9.64 Å². The molecular formula is C21H27N6O2+. The lowest BCUT2D eigenvalue weighted by molar-refractivity contribution is -0.914. The third-order valence-corrected chi connectivity index (χ3v) is 6.30. The smallest absolute Gasteiger partial charge is 0.258 e. The fraction of sp³-hybridized carbons (Fsp3) is 0.524. The second-order valence-electron chi connectivity index (χ2n) is 8.25. The largest absolute Gasteiger partial charge is 0.376 e. The minimum absolute atomic E-state index is 0.0529. The van der Waals surface area contributed by atoms with E-state index >= 15 is 0 Å². The van der Waals surface area contributed by atoms with Crippen LogP contribution < -0.4 is 10.5 Å². The van der Waals surface area contributed by atoms with Gasteiger partial charge in [-0.2, -0.15) is 0 Å². The number of H-pyrrole nitrogens is 1. The Morgan fingerprint density at radius 1 is 1.31 bits per heavy atom. The first-order chi connectivity index (χ1) is 14.2. The Bertz CT molecular complexity index is 1060. The first kappa shape index (κ1) is 18.4. The standard InChI is InChI=1S/C21H26N6O2/c1-14-6-4-7-15-12-17(21(28)22-18(14)15)19(26-9-2-3-10-26)20-23-24-25-27(20)13-16-8-5-11-29-16/h4,6-7,12,16,19H,2-3,5,8-11,13H2,1H3,(H,22,28)/p+1/t16-,19+/m1/s1. The summed E-state index contributed by atoms with van der Waals surface area (Å²) in [5.74, 6) is 0.759. The number of benzene rings is 1. The number of likely N-dealkylation sites (tertiary alicyclic amines) is 1. The third kappa shape index (κ3) is 3.47. The van der Waals surface area contributed by atoms with E-state index in [0.29, 0.717) is 6.54 Å². The number of rotatable bonds is 5. The van der Waals surface area contributed by atoms with Crippen molar-refractivity contribution in [2.45, 2.75) is 51.3 Å². The Balaban J connectivity index is 1.60. The quantitative estimate of drug-likeness (QED) is 0.666. The van der Waals surface area contributed by atoms with Gasteiger partial charge in [0, 0.05) is 19.4 Å². The Hall–Kier alpha value is -2.58. The van der Waals surface area contributed by atoms with Gasteiger partial charge in [-0.1, -0.05) is 18.2 Å². The number of hydrogen-bond acceptors (Lipinski definition) is 5. The van der Waals surface area contributed by atoms with E-state index in [1.165, 1.54) is 4.90 Å². The van der Waals surface area contributed by atoms with E-state index < -0.39 is 0 Å².